The second kappa shape index (κ2) is 15.2. The third-order valence-electron chi connectivity index (χ3n) is 13.2. The molecule has 0 unspecified atom stereocenters. The second-order valence-corrected chi connectivity index (χ2v) is 19.3. The fraction of sp³-hybridized carbons (Fsp3) is 0.136. The maximum atomic E-state index is 5.05. The van der Waals surface area contributed by atoms with Gasteiger partial charge in [-0.1, -0.05) is 163 Å². The first kappa shape index (κ1) is 39.5. The van der Waals surface area contributed by atoms with Crippen molar-refractivity contribution in [2.75, 3.05) is 14.7 Å². The molecule has 0 saturated heterocycles. The van der Waals surface area contributed by atoms with Crippen molar-refractivity contribution < 1.29 is 0 Å². The Bertz CT molecular complexity index is 3120. The second-order valence-electron chi connectivity index (χ2n) is 19.3. The van der Waals surface area contributed by atoms with E-state index in [-0.39, 0.29) is 17.5 Å². The minimum Gasteiger partial charge on any atom is -0.310 e. The number of pyridine rings is 1. The van der Waals surface area contributed by atoms with E-state index in [1.165, 1.54) is 49.4 Å². The monoisotopic (exact) mass is 826 g/mol. The molecule has 9 aromatic rings. The van der Waals surface area contributed by atoms with E-state index in [2.05, 4.69) is 257 Å². The third-order valence-corrected chi connectivity index (χ3v) is 13.2. The minimum absolute atomic E-state index is 0.0415. The molecule has 64 heavy (non-hydrogen) atoms. The zero-order chi connectivity index (χ0) is 43.7. The van der Waals surface area contributed by atoms with Crippen LogP contribution in [0.25, 0.3) is 21.9 Å². The summed E-state index contributed by atoms with van der Waals surface area (Å²) in [7, 11) is 0. The highest BCUT2D eigenvalue weighted by Gasteiger charge is 2.44. The fourth-order valence-electron chi connectivity index (χ4n) is 9.96. The van der Waals surface area contributed by atoms with Gasteiger partial charge in [0.2, 0.25) is 0 Å². The van der Waals surface area contributed by atoms with E-state index in [9.17, 15) is 0 Å². The predicted octanol–water partition coefficient (Wildman–Crippen LogP) is 14.0. The zero-order valence-corrected chi connectivity index (χ0v) is 37.4. The van der Waals surface area contributed by atoms with E-state index < -0.39 is 0 Å². The molecule has 1 aromatic heterocycles. The van der Waals surface area contributed by atoms with Gasteiger partial charge in [-0.25, -0.2) is 0 Å². The van der Waals surface area contributed by atoms with Crippen LogP contribution in [0.5, 0.6) is 0 Å². The molecular formula is C59H51BN4. The molecule has 2 aliphatic rings. The number of rotatable bonds is 6. The number of anilines is 9. The van der Waals surface area contributed by atoms with Crippen LogP contribution in [0, 0.1) is 0 Å². The lowest BCUT2D eigenvalue weighted by Crippen LogP contribution is -2.61. The molecule has 310 valence electrons. The molecule has 3 heterocycles. The molecule has 0 fully saturated rings. The number of nitrogens with zero attached hydrogens (tertiary/aromatic N) is 4. The third kappa shape index (κ3) is 6.66. The molecule has 0 radical (unpaired) electrons. The molecule has 0 amide bonds. The Labute approximate surface area is 378 Å². The van der Waals surface area contributed by atoms with Gasteiger partial charge in [0.05, 0.1) is 23.8 Å². The molecule has 0 aliphatic carbocycles. The van der Waals surface area contributed by atoms with E-state index in [4.69, 9.17) is 4.98 Å². The van der Waals surface area contributed by atoms with Crippen molar-refractivity contribution >= 4 is 85.1 Å². The van der Waals surface area contributed by atoms with Gasteiger partial charge < -0.3 is 14.7 Å². The molecule has 8 aromatic carbocycles. The Balaban J connectivity index is 1.16. The molecule has 11 rings (SSSR count). The van der Waals surface area contributed by atoms with Crippen molar-refractivity contribution in [3.8, 4) is 11.1 Å². The summed E-state index contributed by atoms with van der Waals surface area (Å²) in [6.45, 7) is 13.6. The number of benzene rings is 8. The largest absolute Gasteiger partial charge is 0.310 e. The quantitative estimate of drug-likeness (QED) is 0.156. The first-order chi connectivity index (χ1) is 31.0. The number of hydrogen-bond acceptors (Lipinski definition) is 4. The van der Waals surface area contributed by atoms with Gasteiger partial charge in [-0.2, -0.15) is 0 Å². The Hall–Kier alpha value is -7.37. The summed E-state index contributed by atoms with van der Waals surface area (Å²) in [4.78, 5) is 12.3. The summed E-state index contributed by atoms with van der Waals surface area (Å²) in [5.74, 6) is 0. The van der Waals surface area contributed by atoms with Crippen LogP contribution in [0.2, 0.25) is 0 Å². The number of para-hydroxylation sites is 2. The van der Waals surface area contributed by atoms with Gasteiger partial charge in [0.25, 0.3) is 6.71 Å². The average Bonchev–Trinajstić information content (AvgIpc) is 3.31. The Morgan fingerprint density at radius 2 is 0.969 bits per heavy atom. The summed E-state index contributed by atoms with van der Waals surface area (Å²) in [5, 5.41) is 2.49. The smallest absolute Gasteiger partial charge is 0.252 e. The molecule has 2 aliphatic heterocycles. The van der Waals surface area contributed by atoms with Crippen LogP contribution in [-0.4, -0.2) is 11.7 Å². The van der Waals surface area contributed by atoms with E-state index in [1.807, 2.05) is 0 Å². The lowest BCUT2D eigenvalue weighted by atomic mass is 9.33. The normalized spacial score (nSPS) is 13.1. The maximum absolute atomic E-state index is 5.05. The lowest BCUT2D eigenvalue weighted by Gasteiger charge is -2.44. The van der Waals surface area contributed by atoms with Crippen LogP contribution in [0.1, 0.15) is 52.7 Å². The topological polar surface area (TPSA) is 22.6 Å². The number of fused-ring (bicyclic) bond motifs is 5. The standard InChI is InChI=1S/C59H51BN4/c1-58(2,3)42-25-29-46(30-26-42)62(47-31-27-43(28-32-47)59(4,5)6)48-33-34-51-54(37-48)64(45-20-11-8-12-21-45)56-39-61-38-55-57(56)60(51)52-36-41(50-23-15-17-40-16-13-14-22-49(40)50)24-35-53(52)63(55)44-18-9-7-10-19-44/h7-39H,1-6H3. The van der Waals surface area contributed by atoms with Gasteiger partial charge in [0.1, 0.15) is 0 Å². The van der Waals surface area contributed by atoms with Gasteiger partial charge >= 0.3 is 0 Å². The van der Waals surface area contributed by atoms with E-state index in [0.717, 1.165) is 51.2 Å². The molecule has 0 N–H and O–H groups in total. The van der Waals surface area contributed by atoms with Crippen molar-refractivity contribution in [3.63, 3.8) is 0 Å². The summed E-state index contributed by atoms with van der Waals surface area (Å²) in [6.07, 6.45) is 4.14. The predicted molar refractivity (Wildman–Crippen MR) is 273 cm³/mol. The van der Waals surface area contributed by atoms with Crippen molar-refractivity contribution in [2.45, 2.75) is 52.4 Å². The van der Waals surface area contributed by atoms with Crippen LogP contribution in [0.4, 0.5) is 51.2 Å². The van der Waals surface area contributed by atoms with Crippen molar-refractivity contribution in [3.05, 3.63) is 212 Å². The number of aromatic nitrogens is 1. The lowest BCUT2D eigenvalue weighted by molar-refractivity contribution is 0.590. The highest BCUT2D eigenvalue weighted by Crippen LogP contribution is 2.46. The van der Waals surface area contributed by atoms with Crippen molar-refractivity contribution in [1.29, 1.82) is 0 Å². The van der Waals surface area contributed by atoms with Gasteiger partial charge in [0, 0.05) is 39.8 Å². The first-order valence-corrected chi connectivity index (χ1v) is 22.5. The first-order valence-electron chi connectivity index (χ1n) is 22.5. The highest BCUT2D eigenvalue weighted by atomic mass is 15.2. The van der Waals surface area contributed by atoms with E-state index in [1.54, 1.807) is 0 Å². The Morgan fingerprint density at radius 1 is 0.438 bits per heavy atom. The minimum atomic E-state index is -0.0625. The Morgan fingerprint density at radius 3 is 1.56 bits per heavy atom. The van der Waals surface area contributed by atoms with Crippen molar-refractivity contribution in [2.24, 2.45) is 0 Å². The summed E-state index contributed by atoms with van der Waals surface area (Å²) in [6, 6.07) is 69.4. The zero-order valence-electron chi connectivity index (χ0n) is 37.4. The van der Waals surface area contributed by atoms with Gasteiger partial charge in [-0.15, -0.1) is 0 Å². The van der Waals surface area contributed by atoms with Gasteiger partial charge in [-0.05, 0) is 127 Å². The highest BCUT2D eigenvalue weighted by molar-refractivity contribution is 7.00. The SMILES string of the molecule is CC(C)(C)c1ccc(N(c2ccc(C(C)(C)C)cc2)c2ccc3c(c2)N(c2ccccc2)c2cncc4c2B3c2cc(-c3cccc5ccccc35)ccc2N4c2ccccc2)cc1. The van der Waals surface area contributed by atoms with Crippen molar-refractivity contribution in [1.82, 2.24) is 4.98 Å². The van der Waals surface area contributed by atoms with Crippen LogP contribution in [0.15, 0.2) is 200 Å². The molecule has 0 bridgehead atoms. The van der Waals surface area contributed by atoms with Crippen LogP contribution in [0.3, 0.4) is 0 Å². The fourth-order valence-corrected chi connectivity index (χ4v) is 9.96. The summed E-state index contributed by atoms with van der Waals surface area (Å²) >= 11 is 0. The van der Waals surface area contributed by atoms with Crippen LogP contribution < -0.4 is 31.1 Å². The molecular weight excluding hydrogens is 775 g/mol. The molecule has 0 spiro atoms. The summed E-state index contributed by atoms with van der Waals surface area (Å²) < 4.78 is 0. The van der Waals surface area contributed by atoms with Crippen LogP contribution in [-0.2, 0) is 10.8 Å². The van der Waals surface area contributed by atoms with E-state index >= 15 is 0 Å². The number of hydrogen-bond donors (Lipinski definition) is 0. The van der Waals surface area contributed by atoms with Gasteiger partial charge in [0.15, 0.2) is 0 Å². The molecule has 4 nitrogen and oxygen atoms in total. The Kier molecular flexibility index (Phi) is 9.36. The average molecular weight is 827 g/mol. The molecule has 0 saturated carbocycles. The van der Waals surface area contributed by atoms with Crippen LogP contribution >= 0.6 is 0 Å². The van der Waals surface area contributed by atoms with E-state index in [0.29, 0.717) is 0 Å². The van der Waals surface area contributed by atoms with Gasteiger partial charge in [-0.3, -0.25) is 4.98 Å². The molecule has 0 atom stereocenters. The summed E-state index contributed by atoms with van der Waals surface area (Å²) in [5.41, 5.74) is 18.9. The molecule has 5 heteroatoms. The maximum Gasteiger partial charge on any atom is 0.252 e.